The van der Waals surface area contributed by atoms with Crippen molar-refractivity contribution >= 4 is 39.1 Å². The number of nitrogens with zero attached hydrogens (tertiary/aromatic N) is 2. The topological polar surface area (TPSA) is 96.0 Å². The highest BCUT2D eigenvalue weighted by Crippen LogP contribution is 2.35. The molecule has 0 saturated heterocycles. The highest BCUT2D eigenvalue weighted by atomic mass is 35.5. The first-order chi connectivity index (χ1) is 23.2. The van der Waals surface area contributed by atoms with Crippen molar-refractivity contribution < 1.29 is 22.7 Å². The van der Waals surface area contributed by atoms with Crippen LogP contribution < -0.4 is 14.4 Å². The monoisotopic (exact) mass is 687 g/mol. The Hall–Kier alpha value is -4.34. The quantitative estimate of drug-likeness (QED) is 0.164. The Bertz CT molecular complexity index is 1780. The highest BCUT2D eigenvalue weighted by Gasteiger charge is 2.36. The summed E-state index contributed by atoms with van der Waals surface area (Å²) >= 11 is 6.39. The summed E-state index contributed by atoms with van der Waals surface area (Å²) in [6.07, 6.45) is 5.23. The minimum Gasteiger partial charge on any atom is -0.495 e. The van der Waals surface area contributed by atoms with Crippen molar-refractivity contribution in [3.63, 3.8) is 0 Å². The number of halogens is 1. The molecule has 1 N–H and O–H groups in total. The Morgan fingerprint density at radius 3 is 2.12 bits per heavy atom. The third-order valence-corrected chi connectivity index (χ3v) is 10.7. The SMILES string of the molecule is COc1ccc(Cl)cc1N(CC(=O)N(Cc1ccccc1)C(Cc1ccccc1)C(=O)NC1CCCCC1)S(=O)(=O)c1ccc(C)cc1. The number of ether oxygens (including phenoxy) is 1. The molecule has 0 heterocycles. The molecule has 2 amide bonds. The van der Waals surface area contributed by atoms with E-state index in [1.807, 2.05) is 67.6 Å². The molecule has 252 valence electrons. The van der Waals surface area contributed by atoms with E-state index in [1.54, 1.807) is 24.3 Å². The smallest absolute Gasteiger partial charge is 0.264 e. The zero-order chi connectivity index (χ0) is 34.1. The van der Waals surface area contributed by atoms with Gasteiger partial charge in [0.1, 0.15) is 18.3 Å². The molecule has 1 atom stereocenters. The molecule has 1 saturated carbocycles. The van der Waals surface area contributed by atoms with Gasteiger partial charge in [0.15, 0.2) is 0 Å². The Morgan fingerprint density at radius 2 is 1.50 bits per heavy atom. The van der Waals surface area contributed by atoms with E-state index >= 15 is 0 Å². The number of hydrogen-bond acceptors (Lipinski definition) is 5. The van der Waals surface area contributed by atoms with Gasteiger partial charge in [0.05, 0.1) is 17.7 Å². The van der Waals surface area contributed by atoms with Crippen LogP contribution in [0.3, 0.4) is 0 Å². The first-order valence-electron chi connectivity index (χ1n) is 16.3. The minimum absolute atomic E-state index is 0.00779. The molecule has 1 unspecified atom stereocenters. The van der Waals surface area contributed by atoms with E-state index in [9.17, 15) is 18.0 Å². The molecule has 0 aliphatic heterocycles. The number of aryl methyl sites for hydroxylation is 1. The molecule has 4 aromatic rings. The lowest BCUT2D eigenvalue weighted by Crippen LogP contribution is -2.55. The second kappa shape index (κ2) is 16.2. The maximum Gasteiger partial charge on any atom is 0.264 e. The standard InChI is InChI=1S/C38H42ClN3O5S/c1-28-18-21-33(22-19-28)48(45,46)42(34-25-31(39)20-23-36(34)47-2)27-37(43)41(26-30-14-8-4-9-15-30)35(24-29-12-6-3-7-13-29)38(44)40-32-16-10-5-11-17-32/h3-4,6-9,12-15,18-23,25,32,35H,5,10-11,16-17,24,26-27H2,1-2H3,(H,40,44). The summed E-state index contributed by atoms with van der Waals surface area (Å²) < 4.78 is 35.3. The third kappa shape index (κ3) is 8.76. The lowest BCUT2D eigenvalue weighted by atomic mass is 9.94. The maximum atomic E-state index is 14.7. The van der Waals surface area contributed by atoms with Crippen LogP contribution in [-0.4, -0.2) is 50.9 Å². The van der Waals surface area contributed by atoms with Crippen LogP contribution in [0.1, 0.15) is 48.8 Å². The Labute approximate surface area is 288 Å². The largest absolute Gasteiger partial charge is 0.495 e. The predicted octanol–water partition coefficient (Wildman–Crippen LogP) is 6.94. The molecule has 8 nitrogen and oxygen atoms in total. The van der Waals surface area contributed by atoms with Crippen LogP contribution in [0, 0.1) is 6.92 Å². The summed E-state index contributed by atoms with van der Waals surface area (Å²) in [5.41, 5.74) is 2.69. The van der Waals surface area contributed by atoms with Crippen molar-refractivity contribution in [2.45, 2.75) is 69.0 Å². The normalized spacial score (nSPS) is 14.1. The molecule has 0 aromatic heterocycles. The van der Waals surface area contributed by atoms with Gasteiger partial charge in [-0.1, -0.05) is 109 Å². The number of carbonyl (C=O) groups excluding carboxylic acids is 2. The molecule has 0 bridgehead atoms. The lowest BCUT2D eigenvalue weighted by molar-refractivity contribution is -0.140. The van der Waals surface area contributed by atoms with Gasteiger partial charge in [-0.3, -0.25) is 13.9 Å². The second-order valence-electron chi connectivity index (χ2n) is 12.2. The van der Waals surface area contributed by atoms with Crippen molar-refractivity contribution in [3.8, 4) is 5.75 Å². The van der Waals surface area contributed by atoms with E-state index in [4.69, 9.17) is 16.3 Å². The molecule has 1 aliphatic rings. The Morgan fingerprint density at radius 1 is 0.875 bits per heavy atom. The van der Waals surface area contributed by atoms with E-state index in [0.717, 1.165) is 53.1 Å². The third-order valence-electron chi connectivity index (χ3n) is 8.72. The van der Waals surface area contributed by atoms with Crippen molar-refractivity contribution in [2.24, 2.45) is 0 Å². The van der Waals surface area contributed by atoms with Crippen molar-refractivity contribution in [1.29, 1.82) is 0 Å². The van der Waals surface area contributed by atoms with Crippen molar-refractivity contribution in [3.05, 3.63) is 125 Å². The van der Waals surface area contributed by atoms with E-state index in [0.29, 0.717) is 0 Å². The number of carbonyl (C=O) groups is 2. The van der Waals surface area contributed by atoms with Gasteiger partial charge in [-0.25, -0.2) is 8.42 Å². The second-order valence-corrected chi connectivity index (χ2v) is 14.5. The highest BCUT2D eigenvalue weighted by molar-refractivity contribution is 7.92. The number of nitrogens with one attached hydrogen (secondary N) is 1. The number of sulfonamides is 1. The zero-order valence-electron chi connectivity index (χ0n) is 27.3. The number of anilines is 1. The fraction of sp³-hybridized carbons (Fsp3) is 0.316. The van der Waals surface area contributed by atoms with E-state index < -0.39 is 28.5 Å². The van der Waals surface area contributed by atoms with Gasteiger partial charge in [-0.15, -0.1) is 0 Å². The van der Waals surface area contributed by atoms with Crippen molar-refractivity contribution in [1.82, 2.24) is 10.2 Å². The molecule has 1 fully saturated rings. The average Bonchev–Trinajstić information content (AvgIpc) is 3.10. The first kappa shape index (κ1) is 35.0. The van der Waals surface area contributed by atoms with Gasteiger partial charge in [0.2, 0.25) is 11.8 Å². The summed E-state index contributed by atoms with van der Waals surface area (Å²) in [4.78, 5) is 30.5. The van der Waals surface area contributed by atoms with Crippen LogP contribution in [0.15, 0.2) is 108 Å². The van der Waals surface area contributed by atoms with Gasteiger partial charge in [0, 0.05) is 24.0 Å². The van der Waals surface area contributed by atoms with Gasteiger partial charge in [-0.2, -0.15) is 0 Å². The molecule has 5 rings (SSSR count). The Balaban J connectivity index is 1.59. The summed E-state index contributed by atoms with van der Waals surface area (Å²) in [5, 5.41) is 3.51. The van der Waals surface area contributed by atoms with Gasteiger partial charge < -0.3 is 15.0 Å². The fourth-order valence-corrected chi connectivity index (χ4v) is 7.67. The lowest BCUT2D eigenvalue weighted by Gasteiger charge is -2.35. The van der Waals surface area contributed by atoms with Crippen LogP contribution >= 0.6 is 11.6 Å². The maximum absolute atomic E-state index is 14.7. The van der Waals surface area contributed by atoms with Crippen LogP contribution in [0.5, 0.6) is 5.75 Å². The van der Waals surface area contributed by atoms with E-state index in [1.165, 1.54) is 30.2 Å². The Kier molecular flexibility index (Phi) is 11.8. The molecule has 48 heavy (non-hydrogen) atoms. The molecular weight excluding hydrogens is 646 g/mol. The number of methoxy groups -OCH3 is 1. The molecule has 10 heteroatoms. The number of rotatable bonds is 13. The minimum atomic E-state index is -4.30. The van der Waals surface area contributed by atoms with E-state index in [-0.39, 0.29) is 46.3 Å². The van der Waals surface area contributed by atoms with Crippen molar-refractivity contribution in [2.75, 3.05) is 18.0 Å². The fourth-order valence-electron chi connectivity index (χ4n) is 6.09. The predicted molar refractivity (Wildman–Crippen MR) is 190 cm³/mol. The molecular formula is C38H42ClN3O5S. The van der Waals surface area contributed by atoms with Crippen LogP contribution in [0.2, 0.25) is 5.02 Å². The van der Waals surface area contributed by atoms with E-state index in [2.05, 4.69) is 5.32 Å². The average molecular weight is 688 g/mol. The molecule has 4 aromatic carbocycles. The summed E-state index contributed by atoms with van der Waals surface area (Å²) in [6, 6.07) is 29.1. The summed E-state index contributed by atoms with van der Waals surface area (Å²) in [7, 11) is -2.87. The zero-order valence-corrected chi connectivity index (χ0v) is 28.9. The summed E-state index contributed by atoms with van der Waals surface area (Å²) in [5.74, 6) is -0.576. The molecule has 0 spiro atoms. The first-order valence-corrected chi connectivity index (χ1v) is 18.1. The van der Waals surface area contributed by atoms with Gasteiger partial charge in [0.25, 0.3) is 10.0 Å². The molecule has 1 aliphatic carbocycles. The number of hydrogen-bond donors (Lipinski definition) is 1. The van der Waals surface area contributed by atoms with Crippen LogP contribution in [-0.2, 0) is 32.6 Å². The van der Waals surface area contributed by atoms with Crippen LogP contribution in [0.4, 0.5) is 5.69 Å². The molecule has 0 radical (unpaired) electrons. The summed E-state index contributed by atoms with van der Waals surface area (Å²) in [6.45, 7) is 1.37. The van der Waals surface area contributed by atoms with Gasteiger partial charge in [-0.05, 0) is 61.2 Å². The van der Waals surface area contributed by atoms with Crippen LogP contribution in [0.25, 0.3) is 0 Å². The number of amides is 2. The number of benzene rings is 4. The van der Waals surface area contributed by atoms with Gasteiger partial charge >= 0.3 is 0 Å².